The number of esters is 1. The minimum Gasteiger partial charge on any atom is -0.466 e. The number of anilines is 1. The quantitative estimate of drug-likeness (QED) is 0.446. The smallest absolute Gasteiger partial charge is 0.311 e. The van der Waals surface area contributed by atoms with Gasteiger partial charge in [-0.3, -0.25) is 10.2 Å². The van der Waals surface area contributed by atoms with Crippen molar-refractivity contribution in [2.75, 3.05) is 18.3 Å². The van der Waals surface area contributed by atoms with E-state index in [0.29, 0.717) is 23.0 Å². The van der Waals surface area contributed by atoms with Gasteiger partial charge >= 0.3 is 5.97 Å². The molecule has 0 saturated heterocycles. The van der Waals surface area contributed by atoms with Gasteiger partial charge in [0.15, 0.2) is 9.84 Å². The lowest BCUT2D eigenvalue weighted by Crippen LogP contribution is -2.07. The van der Waals surface area contributed by atoms with Gasteiger partial charge in [0.2, 0.25) is 5.13 Å². The Bertz CT molecular complexity index is 894. The first-order chi connectivity index (χ1) is 11.8. The highest BCUT2D eigenvalue weighted by Crippen LogP contribution is 2.17. The average molecular weight is 385 g/mol. The number of rotatable bonds is 7. The first kappa shape index (κ1) is 19.0. The molecule has 1 aromatic heterocycles. The van der Waals surface area contributed by atoms with Gasteiger partial charge < -0.3 is 4.74 Å². The maximum absolute atomic E-state index is 13.8. The number of carbonyl (C=O) groups excluding carboxylic acids is 1. The molecule has 0 aliphatic rings. The summed E-state index contributed by atoms with van der Waals surface area (Å²) in [6.07, 6.45) is 2.35. The Morgan fingerprint density at radius 3 is 2.88 bits per heavy atom. The number of hydrogen-bond donors (Lipinski definition) is 1. The summed E-state index contributed by atoms with van der Waals surface area (Å²) in [5.41, 5.74) is 3.62. The van der Waals surface area contributed by atoms with Gasteiger partial charge in [-0.1, -0.05) is 6.07 Å². The first-order valence-corrected chi connectivity index (χ1v) is 9.95. The molecule has 0 aliphatic carbocycles. The number of halogens is 1. The molecule has 0 unspecified atom stereocenters. The minimum atomic E-state index is -3.61. The van der Waals surface area contributed by atoms with Crippen LogP contribution in [0, 0.1) is 5.82 Å². The van der Waals surface area contributed by atoms with E-state index in [1.807, 2.05) is 0 Å². The van der Waals surface area contributed by atoms with Gasteiger partial charge in [-0.15, -0.1) is 11.3 Å². The van der Waals surface area contributed by atoms with Crippen LogP contribution in [0.1, 0.15) is 18.2 Å². The van der Waals surface area contributed by atoms with Gasteiger partial charge in [0.1, 0.15) is 10.7 Å². The van der Waals surface area contributed by atoms with Gasteiger partial charge in [0.25, 0.3) is 0 Å². The summed E-state index contributed by atoms with van der Waals surface area (Å²) in [4.78, 5) is 15.2. The highest BCUT2D eigenvalue weighted by molar-refractivity contribution is 7.90. The fraction of sp³-hybridized carbons (Fsp3) is 0.267. The Kier molecular flexibility index (Phi) is 6.21. The highest BCUT2D eigenvalue weighted by Gasteiger charge is 2.13. The Hall–Kier alpha value is -2.33. The van der Waals surface area contributed by atoms with Crippen LogP contribution in [0.25, 0.3) is 0 Å². The molecular weight excluding hydrogens is 369 g/mol. The van der Waals surface area contributed by atoms with Gasteiger partial charge in [-0.25, -0.2) is 17.8 Å². The molecule has 1 heterocycles. The van der Waals surface area contributed by atoms with Gasteiger partial charge in [-0.05, 0) is 24.6 Å². The second kappa shape index (κ2) is 8.17. The monoisotopic (exact) mass is 385 g/mol. The van der Waals surface area contributed by atoms with Crippen molar-refractivity contribution in [1.82, 2.24) is 4.98 Å². The number of benzene rings is 1. The van der Waals surface area contributed by atoms with E-state index in [2.05, 4.69) is 15.5 Å². The summed E-state index contributed by atoms with van der Waals surface area (Å²) in [5, 5.41) is 6.08. The summed E-state index contributed by atoms with van der Waals surface area (Å²) in [6.45, 7) is 2.04. The Balaban J connectivity index is 1.98. The number of ether oxygens (including phenoxy) is 1. The maximum Gasteiger partial charge on any atom is 0.311 e. The van der Waals surface area contributed by atoms with Crippen LogP contribution in [0.4, 0.5) is 9.52 Å². The first-order valence-electron chi connectivity index (χ1n) is 7.18. The van der Waals surface area contributed by atoms with Crippen molar-refractivity contribution in [1.29, 1.82) is 0 Å². The van der Waals surface area contributed by atoms with Crippen molar-refractivity contribution >= 4 is 38.5 Å². The number of hydrogen-bond acceptors (Lipinski definition) is 8. The summed E-state index contributed by atoms with van der Waals surface area (Å²) in [5.74, 6) is -1.19. The molecule has 0 aliphatic heterocycles. The van der Waals surface area contributed by atoms with Gasteiger partial charge in [0, 0.05) is 11.6 Å². The molecule has 1 aromatic carbocycles. The average Bonchev–Trinajstić information content (AvgIpc) is 2.93. The third kappa shape index (κ3) is 5.61. The number of nitrogens with one attached hydrogen (secondary N) is 1. The molecule has 7 nitrogen and oxygen atoms in total. The van der Waals surface area contributed by atoms with E-state index in [-0.39, 0.29) is 17.3 Å². The van der Waals surface area contributed by atoms with E-state index in [4.69, 9.17) is 4.74 Å². The van der Waals surface area contributed by atoms with E-state index >= 15 is 0 Å². The van der Waals surface area contributed by atoms with Crippen molar-refractivity contribution in [2.45, 2.75) is 18.2 Å². The van der Waals surface area contributed by atoms with Crippen LogP contribution in [0.3, 0.4) is 0 Å². The van der Waals surface area contributed by atoms with E-state index < -0.39 is 15.7 Å². The summed E-state index contributed by atoms with van der Waals surface area (Å²) in [6, 6.07) is 3.71. The lowest BCUT2D eigenvalue weighted by Gasteiger charge is -2.01. The molecule has 0 saturated carbocycles. The molecule has 2 rings (SSSR count). The lowest BCUT2D eigenvalue weighted by molar-refractivity contribution is -0.142. The predicted octanol–water partition coefficient (Wildman–Crippen LogP) is 2.24. The molecule has 25 heavy (non-hydrogen) atoms. The number of hydrazone groups is 1. The van der Waals surface area contributed by atoms with E-state index in [1.165, 1.54) is 29.7 Å². The Morgan fingerprint density at radius 2 is 2.24 bits per heavy atom. The van der Waals surface area contributed by atoms with Crippen molar-refractivity contribution in [2.24, 2.45) is 5.10 Å². The number of carbonyl (C=O) groups is 1. The third-order valence-electron chi connectivity index (χ3n) is 2.91. The molecule has 0 radical (unpaired) electrons. The molecule has 2 aromatic rings. The maximum atomic E-state index is 13.8. The largest absolute Gasteiger partial charge is 0.466 e. The zero-order valence-electron chi connectivity index (χ0n) is 13.5. The van der Waals surface area contributed by atoms with E-state index in [1.54, 1.807) is 12.3 Å². The highest BCUT2D eigenvalue weighted by atomic mass is 32.2. The zero-order valence-corrected chi connectivity index (χ0v) is 15.2. The number of thiazole rings is 1. The van der Waals surface area contributed by atoms with E-state index in [0.717, 1.165) is 12.3 Å². The van der Waals surface area contributed by atoms with Crippen molar-refractivity contribution in [3.8, 4) is 0 Å². The van der Waals surface area contributed by atoms with E-state index in [9.17, 15) is 17.6 Å². The van der Waals surface area contributed by atoms with Crippen molar-refractivity contribution in [3.05, 3.63) is 40.7 Å². The van der Waals surface area contributed by atoms with Crippen molar-refractivity contribution in [3.63, 3.8) is 0 Å². The molecule has 0 amide bonds. The fourth-order valence-corrected chi connectivity index (χ4v) is 3.25. The zero-order chi connectivity index (χ0) is 18.4. The third-order valence-corrected chi connectivity index (χ3v) is 4.84. The summed E-state index contributed by atoms with van der Waals surface area (Å²) in [7, 11) is -3.61. The molecule has 0 atom stereocenters. The molecule has 134 valence electrons. The summed E-state index contributed by atoms with van der Waals surface area (Å²) >= 11 is 1.26. The van der Waals surface area contributed by atoms with Crippen LogP contribution >= 0.6 is 11.3 Å². The predicted molar refractivity (Wildman–Crippen MR) is 93.2 cm³/mol. The molecule has 0 spiro atoms. The SMILES string of the molecule is CCOC(=O)Cc1csc(NN=Cc2ccc(S(C)(=O)=O)c(F)c2)n1. The standard InChI is InChI=1S/C15H16FN3O4S2/c1-3-23-14(20)7-11-9-24-15(18-11)19-17-8-10-4-5-13(12(16)6-10)25(2,21)22/h4-6,8-9H,3,7H2,1-2H3,(H,18,19). The minimum absolute atomic E-state index is 0.0773. The topological polar surface area (TPSA) is 97.7 Å². The molecule has 0 bridgehead atoms. The van der Waals surface area contributed by atoms with Crippen molar-refractivity contribution < 1.29 is 22.3 Å². The van der Waals surface area contributed by atoms with Crippen LogP contribution in [0.15, 0.2) is 33.6 Å². The number of sulfone groups is 1. The fourth-order valence-electron chi connectivity index (χ4n) is 1.86. The van der Waals surface area contributed by atoms with Crippen LogP contribution in [0.2, 0.25) is 0 Å². The Morgan fingerprint density at radius 1 is 1.48 bits per heavy atom. The van der Waals surface area contributed by atoms with Crippen LogP contribution in [-0.2, 0) is 25.8 Å². The summed E-state index contributed by atoms with van der Waals surface area (Å²) < 4.78 is 41.3. The number of nitrogens with zero attached hydrogens (tertiary/aromatic N) is 2. The second-order valence-electron chi connectivity index (χ2n) is 4.96. The van der Waals surface area contributed by atoms with Gasteiger partial charge in [0.05, 0.1) is 24.9 Å². The Labute approximate surface area is 148 Å². The number of aromatic nitrogens is 1. The van der Waals surface area contributed by atoms with Gasteiger partial charge in [-0.2, -0.15) is 5.10 Å². The normalized spacial score (nSPS) is 11.6. The molecule has 0 fully saturated rings. The van der Waals surface area contributed by atoms with Crippen LogP contribution in [0.5, 0.6) is 0 Å². The molecule has 1 N–H and O–H groups in total. The van der Waals surface area contributed by atoms with Crippen LogP contribution < -0.4 is 5.43 Å². The van der Waals surface area contributed by atoms with Crippen LogP contribution in [-0.4, -0.2) is 38.4 Å². The molecular formula is C15H16FN3O4S2. The lowest BCUT2D eigenvalue weighted by atomic mass is 10.2. The second-order valence-corrected chi connectivity index (χ2v) is 7.80. The molecule has 10 heteroatoms.